The molecule has 1 aliphatic heterocycles. The minimum Gasteiger partial charge on any atom is -0.393 e. The van der Waals surface area contributed by atoms with Crippen LogP contribution in [0.25, 0.3) is 5.65 Å². The molecular formula is C13H18N4O. The lowest BCUT2D eigenvalue weighted by atomic mass is 10.0. The minimum atomic E-state index is -0.244. The Hall–Kier alpha value is -1.62. The molecule has 3 heterocycles. The van der Waals surface area contributed by atoms with Gasteiger partial charge in [0.05, 0.1) is 6.10 Å². The van der Waals surface area contributed by atoms with Crippen molar-refractivity contribution in [1.29, 1.82) is 0 Å². The Morgan fingerprint density at radius 2 is 2.28 bits per heavy atom. The van der Waals surface area contributed by atoms with Gasteiger partial charge in [-0.05, 0) is 38.0 Å². The van der Waals surface area contributed by atoms with Gasteiger partial charge < -0.3 is 10.0 Å². The van der Waals surface area contributed by atoms with Crippen molar-refractivity contribution in [2.24, 2.45) is 5.92 Å². The van der Waals surface area contributed by atoms with E-state index in [1.807, 2.05) is 17.5 Å². The summed E-state index contributed by atoms with van der Waals surface area (Å²) < 4.78 is 1.87. The summed E-state index contributed by atoms with van der Waals surface area (Å²) in [7, 11) is 0. The number of fused-ring (bicyclic) bond motifs is 1. The van der Waals surface area contributed by atoms with Crippen LogP contribution in [0.2, 0.25) is 0 Å². The first-order valence-electron chi connectivity index (χ1n) is 6.38. The molecule has 0 spiro atoms. The summed E-state index contributed by atoms with van der Waals surface area (Å²) >= 11 is 0. The zero-order valence-electron chi connectivity index (χ0n) is 10.7. The van der Waals surface area contributed by atoms with Crippen molar-refractivity contribution in [1.82, 2.24) is 14.6 Å². The van der Waals surface area contributed by atoms with E-state index in [0.717, 1.165) is 31.0 Å². The van der Waals surface area contributed by atoms with Crippen LogP contribution in [0.15, 0.2) is 18.5 Å². The van der Waals surface area contributed by atoms with Crippen LogP contribution in [0, 0.1) is 12.8 Å². The molecule has 2 unspecified atom stereocenters. The molecule has 18 heavy (non-hydrogen) atoms. The van der Waals surface area contributed by atoms with E-state index in [-0.39, 0.29) is 6.10 Å². The van der Waals surface area contributed by atoms with Crippen molar-refractivity contribution in [3.63, 3.8) is 0 Å². The number of aliphatic hydroxyl groups is 1. The summed E-state index contributed by atoms with van der Waals surface area (Å²) in [4.78, 5) is 6.53. The van der Waals surface area contributed by atoms with Gasteiger partial charge in [0.2, 0.25) is 0 Å². The van der Waals surface area contributed by atoms with E-state index in [1.54, 1.807) is 6.33 Å². The quantitative estimate of drug-likeness (QED) is 0.866. The summed E-state index contributed by atoms with van der Waals surface area (Å²) in [6.45, 7) is 5.79. The Bertz CT molecular complexity index is 563. The Labute approximate surface area is 106 Å². The van der Waals surface area contributed by atoms with Gasteiger partial charge in [-0.1, -0.05) is 0 Å². The van der Waals surface area contributed by atoms with E-state index in [4.69, 9.17) is 0 Å². The number of hydrogen-bond acceptors (Lipinski definition) is 4. The van der Waals surface area contributed by atoms with Gasteiger partial charge in [-0.15, -0.1) is 0 Å². The monoisotopic (exact) mass is 246 g/mol. The zero-order chi connectivity index (χ0) is 12.7. The molecular weight excluding hydrogens is 228 g/mol. The number of anilines is 1. The third kappa shape index (κ3) is 1.84. The fourth-order valence-corrected chi connectivity index (χ4v) is 2.65. The molecule has 2 aromatic rings. The summed E-state index contributed by atoms with van der Waals surface area (Å²) in [5.74, 6) is 1.43. The molecule has 0 radical (unpaired) electrons. The van der Waals surface area contributed by atoms with E-state index >= 15 is 0 Å². The first-order valence-corrected chi connectivity index (χ1v) is 6.38. The number of aromatic nitrogens is 3. The van der Waals surface area contributed by atoms with Crippen molar-refractivity contribution in [2.45, 2.75) is 26.4 Å². The highest BCUT2D eigenvalue weighted by Crippen LogP contribution is 2.26. The van der Waals surface area contributed by atoms with Gasteiger partial charge in [0.25, 0.3) is 0 Å². The third-order valence-electron chi connectivity index (χ3n) is 3.74. The Morgan fingerprint density at radius 3 is 3.00 bits per heavy atom. The van der Waals surface area contributed by atoms with E-state index in [1.165, 1.54) is 5.56 Å². The second-order valence-corrected chi connectivity index (χ2v) is 5.16. The molecule has 0 saturated carbocycles. The van der Waals surface area contributed by atoms with Gasteiger partial charge in [0.1, 0.15) is 12.1 Å². The van der Waals surface area contributed by atoms with E-state index in [2.05, 4.69) is 28.0 Å². The lowest BCUT2D eigenvalue weighted by molar-refractivity contribution is 0.136. The van der Waals surface area contributed by atoms with Crippen LogP contribution >= 0.6 is 0 Å². The molecule has 5 heteroatoms. The first kappa shape index (κ1) is 11.5. The summed E-state index contributed by atoms with van der Waals surface area (Å²) in [6.07, 6.45) is 2.37. The van der Waals surface area contributed by atoms with Gasteiger partial charge in [-0.25, -0.2) is 4.98 Å². The number of aryl methyl sites for hydroxylation is 1. The molecule has 2 atom stereocenters. The summed E-state index contributed by atoms with van der Waals surface area (Å²) in [5, 5.41) is 14.0. The average molecular weight is 246 g/mol. The van der Waals surface area contributed by atoms with Gasteiger partial charge in [0, 0.05) is 19.0 Å². The molecule has 1 saturated heterocycles. The average Bonchev–Trinajstić information content (AvgIpc) is 2.95. The maximum atomic E-state index is 9.68. The number of hydrogen-bond donors (Lipinski definition) is 1. The van der Waals surface area contributed by atoms with Crippen molar-refractivity contribution < 1.29 is 5.11 Å². The molecule has 5 nitrogen and oxygen atoms in total. The van der Waals surface area contributed by atoms with E-state index in [0.29, 0.717) is 5.92 Å². The SMILES string of the molecule is Cc1cc(N2CCC(C(C)O)C2)n2ncnc2c1. The normalized spacial score (nSPS) is 21.7. The highest BCUT2D eigenvalue weighted by molar-refractivity contribution is 5.53. The summed E-state index contributed by atoms with van der Waals surface area (Å²) in [5.41, 5.74) is 2.07. The maximum absolute atomic E-state index is 9.68. The molecule has 0 bridgehead atoms. The van der Waals surface area contributed by atoms with E-state index < -0.39 is 0 Å². The van der Waals surface area contributed by atoms with Crippen molar-refractivity contribution in [3.05, 3.63) is 24.0 Å². The first-order chi connectivity index (χ1) is 8.65. The largest absolute Gasteiger partial charge is 0.393 e. The maximum Gasteiger partial charge on any atom is 0.157 e. The molecule has 0 aromatic carbocycles. The highest BCUT2D eigenvalue weighted by Gasteiger charge is 2.27. The fraction of sp³-hybridized carbons (Fsp3) is 0.538. The lowest BCUT2D eigenvalue weighted by Gasteiger charge is -2.20. The standard InChI is InChI=1S/C13H18N4O/c1-9-5-12-14-8-15-17(12)13(6-9)16-4-3-11(7-16)10(2)18/h5-6,8,10-11,18H,3-4,7H2,1-2H3. The van der Waals surface area contributed by atoms with Crippen LogP contribution in [0.1, 0.15) is 18.9 Å². The Kier molecular flexibility index (Phi) is 2.70. The fourth-order valence-electron chi connectivity index (χ4n) is 2.65. The van der Waals surface area contributed by atoms with Gasteiger partial charge >= 0.3 is 0 Å². The molecule has 1 fully saturated rings. The second-order valence-electron chi connectivity index (χ2n) is 5.16. The molecule has 0 amide bonds. The second kappa shape index (κ2) is 4.24. The minimum absolute atomic E-state index is 0.244. The van der Waals surface area contributed by atoms with Crippen molar-refractivity contribution >= 4 is 11.5 Å². The number of nitrogens with zero attached hydrogens (tertiary/aromatic N) is 4. The predicted octanol–water partition coefficient (Wildman–Crippen LogP) is 1.24. The van der Waals surface area contributed by atoms with Gasteiger partial charge in [-0.2, -0.15) is 9.61 Å². The molecule has 96 valence electrons. The van der Waals surface area contributed by atoms with E-state index in [9.17, 15) is 5.11 Å². The number of aliphatic hydroxyl groups excluding tert-OH is 1. The Balaban J connectivity index is 1.97. The lowest BCUT2D eigenvalue weighted by Crippen LogP contribution is -2.25. The highest BCUT2D eigenvalue weighted by atomic mass is 16.3. The van der Waals surface area contributed by atoms with Gasteiger partial charge in [0.15, 0.2) is 5.65 Å². The van der Waals surface area contributed by atoms with Crippen molar-refractivity contribution in [3.8, 4) is 0 Å². The van der Waals surface area contributed by atoms with Crippen LogP contribution in [-0.2, 0) is 0 Å². The zero-order valence-corrected chi connectivity index (χ0v) is 10.7. The van der Waals surface area contributed by atoms with Crippen LogP contribution in [0.4, 0.5) is 5.82 Å². The smallest absolute Gasteiger partial charge is 0.157 e. The number of rotatable bonds is 2. The predicted molar refractivity (Wildman–Crippen MR) is 69.7 cm³/mol. The molecule has 1 N–H and O–H groups in total. The van der Waals surface area contributed by atoms with Crippen LogP contribution in [0.5, 0.6) is 0 Å². The number of pyridine rings is 1. The van der Waals surface area contributed by atoms with Gasteiger partial charge in [-0.3, -0.25) is 0 Å². The van der Waals surface area contributed by atoms with Crippen molar-refractivity contribution in [2.75, 3.05) is 18.0 Å². The summed E-state index contributed by atoms with van der Waals surface area (Å²) in [6, 6.07) is 4.16. The Morgan fingerprint density at radius 1 is 1.44 bits per heavy atom. The topological polar surface area (TPSA) is 53.7 Å². The molecule has 0 aliphatic carbocycles. The molecule has 2 aromatic heterocycles. The van der Waals surface area contributed by atoms with Crippen LogP contribution < -0.4 is 4.90 Å². The van der Waals surface area contributed by atoms with Crippen LogP contribution in [0.3, 0.4) is 0 Å². The van der Waals surface area contributed by atoms with Crippen LogP contribution in [-0.4, -0.2) is 38.9 Å². The molecule has 1 aliphatic rings. The molecule has 3 rings (SSSR count). The third-order valence-corrected chi connectivity index (χ3v) is 3.74.